The summed E-state index contributed by atoms with van der Waals surface area (Å²) in [7, 11) is 1.57. The second kappa shape index (κ2) is 7.45. The van der Waals surface area contributed by atoms with Gasteiger partial charge in [-0.3, -0.25) is 4.79 Å². The lowest BCUT2D eigenvalue weighted by atomic mass is 10.1. The fourth-order valence-corrected chi connectivity index (χ4v) is 2.72. The van der Waals surface area contributed by atoms with Crippen molar-refractivity contribution in [2.75, 3.05) is 19.0 Å². The standard InChI is InChI=1S/C20H18ClNO3/c1-13-3-6-19(24-2)17(9-13)22-20(23)8-4-14-10-15-11-16(21)5-7-18(15)25-12-14/h3-11H,12H2,1-2H3,(H,22,23)/b8-4+. The number of anilines is 1. The maximum Gasteiger partial charge on any atom is 0.248 e. The molecule has 4 nitrogen and oxygen atoms in total. The van der Waals surface area contributed by atoms with Crippen LogP contribution in [0, 0.1) is 6.92 Å². The molecule has 1 aliphatic rings. The van der Waals surface area contributed by atoms with Gasteiger partial charge in [-0.05, 0) is 54.5 Å². The molecular weight excluding hydrogens is 338 g/mol. The lowest BCUT2D eigenvalue weighted by molar-refractivity contribution is -0.111. The summed E-state index contributed by atoms with van der Waals surface area (Å²) in [4.78, 5) is 12.2. The van der Waals surface area contributed by atoms with Gasteiger partial charge < -0.3 is 14.8 Å². The summed E-state index contributed by atoms with van der Waals surface area (Å²) in [5.41, 5.74) is 3.47. The molecule has 0 unspecified atom stereocenters. The summed E-state index contributed by atoms with van der Waals surface area (Å²) in [6.45, 7) is 2.36. The number of hydrogen-bond acceptors (Lipinski definition) is 3. The van der Waals surface area contributed by atoms with Crippen LogP contribution in [0.4, 0.5) is 5.69 Å². The first-order valence-electron chi connectivity index (χ1n) is 7.82. The van der Waals surface area contributed by atoms with E-state index in [0.717, 1.165) is 22.4 Å². The van der Waals surface area contributed by atoms with Crippen LogP contribution < -0.4 is 14.8 Å². The van der Waals surface area contributed by atoms with E-state index in [1.807, 2.05) is 43.3 Å². The van der Waals surface area contributed by atoms with Gasteiger partial charge in [0.25, 0.3) is 0 Å². The highest BCUT2D eigenvalue weighted by Crippen LogP contribution is 2.29. The minimum absolute atomic E-state index is 0.235. The molecule has 0 spiro atoms. The first-order chi connectivity index (χ1) is 12.0. The largest absolute Gasteiger partial charge is 0.495 e. The Balaban J connectivity index is 1.72. The van der Waals surface area contributed by atoms with Gasteiger partial charge >= 0.3 is 0 Å². The van der Waals surface area contributed by atoms with Crippen LogP contribution in [-0.2, 0) is 4.79 Å². The average Bonchev–Trinajstić information content (AvgIpc) is 2.60. The number of carbonyl (C=O) groups excluding carboxylic acids is 1. The van der Waals surface area contributed by atoms with Gasteiger partial charge in [-0.1, -0.05) is 23.7 Å². The van der Waals surface area contributed by atoms with Crippen LogP contribution in [0.5, 0.6) is 11.5 Å². The van der Waals surface area contributed by atoms with Crippen molar-refractivity contribution in [3.63, 3.8) is 0 Å². The van der Waals surface area contributed by atoms with E-state index in [9.17, 15) is 4.79 Å². The van der Waals surface area contributed by atoms with Crippen LogP contribution in [0.3, 0.4) is 0 Å². The predicted molar refractivity (Wildman–Crippen MR) is 100 cm³/mol. The number of hydrogen-bond donors (Lipinski definition) is 1. The SMILES string of the molecule is COc1ccc(C)cc1NC(=O)/C=C/C1=Cc2cc(Cl)ccc2OC1. The number of ether oxygens (including phenoxy) is 2. The molecule has 0 saturated carbocycles. The van der Waals surface area contributed by atoms with Crippen molar-refractivity contribution in [2.24, 2.45) is 0 Å². The number of methoxy groups -OCH3 is 1. The summed E-state index contributed by atoms with van der Waals surface area (Å²) < 4.78 is 10.9. The Bertz CT molecular complexity index is 871. The monoisotopic (exact) mass is 355 g/mol. The van der Waals surface area contributed by atoms with Gasteiger partial charge in [-0.2, -0.15) is 0 Å². The molecule has 128 valence electrons. The number of benzene rings is 2. The number of fused-ring (bicyclic) bond motifs is 1. The van der Waals surface area contributed by atoms with Gasteiger partial charge in [0.15, 0.2) is 0 Å². The van der Waals surface area contributed by atoms with Crippen LogP contribution in [-0.4, -0.2) is 19.6 Å². The molecule has 0 fully saturated rings. The summed E-state index contributed by atoms with van der Waals surface area (Å²) in [5.74, 6) is 1.17. The molecule has 0 aromatic heterocycles. The van der Waals surface area contributed by atoms with E-state index in [0.29, 0.717) is 23.1 Å². The van der Waals surface area contributed by atoms with E-state index in [4.69, 9.17) is 21.1 Å². The third-order valence-corrected chi connectivity index (χ3v) is 4.00. The van der Waals surface area contributed by atoms with Crippen molar-refractivity contribution < 1.29 is 14.3 Å². The maximum atomic E-state index is 12.2. The minimum atomic E-state index is -0.235. The number of halogens is 1. The van der Waals surface area contributed by atoms with Gasteiger partial charge in [0, 0.05) is 16.7 Å². The number of aryl methyl sites for hydroxylation is 1. The molecule has 1 heterocycles. The zero-order chi connectivity index (χ0) is 17.8. The van der Waals surface area contributed by atoms with Crippen molar-refractivity contribution >= 4 is 29.3 Å². The van der Waals surface area contributed by atoms with Crippen molar-refractivity contribution in [1.82, 2.24) is 0 Å². The van der Waals surface area contributed by atoms with Crippen molar-refractivity contribution in [3.8, 4) is 11.5 Å². The van der Waals surface area contributed by atoms with Gasteiger partial charge in [0.1, 0.15) is 18.1 Å². The quantitative estimate of drug-likeness (QED) is 0.813. The number of nitrogens with one attached hydrogen (secondary N) is 1. The predicted octanol–water partition coefficient (Wildman–Crippen LogP) is 4.63. The van der Waals surface area contributed by atoms with Crippen LogP contribution in [0.1, 0.15) is 11.1 Å². The normalized spacial score (nSPS) is 13.0. The Morgan fingerprint density at radius 1 is 1.28 bits per heavy atom. The molecule has 5 heteroatoms. The minimum Gasteiger partial charge on any atom is -0.495 e. The fourth-order valence-electron chi connectivity index (χ4n) is 2.54. The van der Waals surface area contributed by atoms with Gasteiger partial charge in [0.05, 0.1) is 12.8 Å². The molecule has 2 aromatic rings. The number of carbonyl (C=O) groups is 1. The van der Waals surface area contributed by atoms with E-state index in [1.54, 1.807) is 19.3 Å². The van der Waals surface area contributed by atoms with Crippen LogP contribution in [0.25, 0.3) is 6.08 Å². The summed E-state index contributed by atoms with van der Waals surface area (Å²) in [5, 5.41) is 3.48. The Hall–Kier alpha value is -2.72. The molecule has 25 heavy (non-hydrogen) atoms. The zero-order valence-electron chi connectivity index (χ0n) is 14.0. The van der Waals surface area contributed by atoms with Crippen molar-refractivity contribution in [3.05, 3.63) is 70.3 Å². The van der Waals surface area contributed by atoms with Crippen molar-refractivity contribution in [2.45, 2.75) is 6.92 Å². The molecule has 1 amide bonds. The third kappa shape index (κ3) is 4.22. The number of amides is 1. The molecule has 0 aliphatic carbocycles. The highest BCUT2D eigenvalue weighted by atomic mass is 35.5. The summed E-state index contributed by atoms with van der Waals surface area (Å²) >= 11 is 6.00. The maximum absolute atomic E-state index is 12.2. The first-order valence-corrected chi connectivity index (χ1v) is 8.19. The molecule has 1 aliphatic heterocycles. The molecule has 1 N–H and O–H groups in total. The Kier molecular flexibility index (Phi) is 5.10. The van der Waals surface area contributed by atoms with Crippen LogP contribution in [0.2, 0.25) is 5.02 Å². The van der Waals surface area contributed by atoms with E-state index in [-0.39, 0.29) is 5.91 Å². The molecule has 0 bridgehead atoms. The van der Waals surface area contributed by atoms with Gasteiger partial charge in [-0.15, -0.1) is 0 Å². The van der Waals surface area contributed by atoms with E-state index < -0.39 is 0 Å². The molecule has 0 saturated heterocycles. The summed E-state index contributed by atoms with van der Waals surface area (Å²) in [6, 6.07) is 11.1. The zero-order valence-corrected chi connectivity index (χ0v) is 14.8. The van der Waals surface area contributed by atoms with E-state index >= 15 is 0 Å². The Morgan fingerprint density at radius 3 is 2.92 bits per heavy atom. The smallest absolute Gasteiger partial charge is 0.248 e. The highest BCUT2D eigenvalue weighted by molar-refractivity contribution is 6.30. The molecular formula is C20H18ClNO3. The fraction of sp³-hybridized carbons (Fsp3) is 0.150. The van der Waals surface area contributed by atoms with Gasteiger partial charge in [-0.25, -0.2) is 0 Å². The number of rotatable bonds is 4. The second-order valence-electron chi connectivity index (χ2n) is 5.72. The lowest BCUT2D eigenvalue weighted by Crippen LogP contribution is -2.10. The second-order valence-corrected chi connectivity index (χ2v) is 6.15. The molecule has 0 radical (unpaired) electrons. The Labute approximate surface area is 151 Å². The molecule has 3 rings (SSSR count). The van der Waals surface area contributed by atoms with Crippen LogP contribution >= 0.6 is 11.6 Å². The van der Waals surface area contributed by atoms with Crippen molar-refractivity contribution in [1.29, 1.82) is 0 Å². The average molecular weight is 356 g/mol. The third-order valence-electron chi connectivity index (χ3n) is 3.77. The van der Waals surface area contributed by atoms with Gasteiger partial charge in [0.2, 0.25) is 5.91 Å². The van der Waals surface area contributed by atoms with E-state index in [1.165, 1.54) is 6.08 Å². The lowest BCUT2D eigenvalue weighted by Gasteiger charge is -2.16. The summed E-state index contributed by atoms with van der Waals surface area (Å²) in [6.07, 6.45) is 5.18. The molecule has 2 aromatic carbocycles. The topological polar surface area (TPSA) is 47.6 Å². The molecule has 0 atom stereocenters. The first kappa shape index (κ1) is 17.1. The highest BCUT2D eigenvalue weighted by Gasteiger charge is 2.11. The van der Waals surface area contributed by atoms with E-state index in [2.05, 4.69) is 5.32 Å². The Morgan fingerprint density at radius 2 is 2.12 bits per heavy atom. The van der Waals surface area contributed by atoms with Crippen LogP contribution in [0.15, 0.2) is 54.1 Å².